The lowest BCUT2D eigenvalue weighted by Gasteiger charge is -2.13. The number of hydrogen-bond donors (Lipinski definition) is 1. The predicted molar refractivity (Wildman–Crippen MR) is 88.2 cm³/mol. The van der Waals surface area contributed by atoms with Crippen molar-refractivity contribution in [2.75, 3.05) is 18.6 Å². The number of likely N-dealkylation sites (N-methyl/N-ethyl adjacent to an activating group) is 1. The first-order valence-electron chi connectivity index (χ1n) is 6.72. The number of rotatable bonds is 5. The van der Waals surface area contributed by atoms with Gasteiger partial charge in [-0.15, -0.1) is 11.8 Å². The molecule has 7 heteroatoms. The van der Waals surface area contributed by atoms with Crippen molar-refractivity contribution in [3.63, 3.8) is 0 Å². The Bertz CT molecular complexity index is 607. The fraction of sp³-hybridized carbons (Fsp3) is 0.429. The number of thioether (sulfide) groups is 2. The molecule has 1 aliphatic heterocycles. The summed E-state index contributed by atoms with van der Waals surface area (Å²) in [7, 11) is 1.98. The van der Waals surface area contributed by atoms with Crippen LogP contribution in [-0.4, -0.2) is 34.7 Å². The molecule has 2 aromatic rings. The van der Waals surface area contributed by atoms with Crippen LogP contribution in [0.15, 0.2) is 33.7 Å². The van der Waals surface area contributed by atoms with Crippen LogP contribution >= 0.6 is 35.1 Å². The first kappa shape index (κ1) is 15.2. The Morgan fingerprint density at radius 2 is 2.38 bits per heavy atom. The van der Waals surface area contributed by atoms with E-state index in [1.807, 2.05) is 43.1 Å². The van der Waals surface area contributed by atoms with Gasteiger partial charge in [-0.1, -0.05) is 22.8 Å². The molecule has 112 valence electrons. The molecule has 2 atom stereocenters. The molecule has 1 aliphatic rings. The lowest BCUT2D eigenvalue weighted by Crippen LogP contribution is -2.31. The SMILES string of the molecule is CNC1CSCC1c1nc(CSc2cccc(Cl)c2)no1. The molecule has 1 aromatic carbocycles. The van der Waals surface area contributed by atoms with E-state index in [1.54, 1.807) is 11.8 Å². The highest BCUT2D eigenvalue weighted by Gasteiger charge is 2.32. The summed E-state index contributed by atoms with van der Waals surface area (Å²) in [4.78, 5) is 5.65. The molecule has 21 heavy (non-hydrogen) atoms. The second-order valence-corrected chi connectivity index (χ2v) is 7.39. The summed E-state index contributed by atoms with van der Waals surface area (Å²) in [6.45, 7) is 0. The minimum Gasteiger partial charge on any atom is -0.339 e. The Labute approximate surface area is 137 Å². The molecule has 1 aromatic heterocycles. The molecule has 1 fully saturated rings. The summed E-state index contributed by atoms with van der Waals surface area (Å²) in [5.41, 5.74) is 0. The smallest absolute Gasteiger partial charge is 0.232 e. The molecular formula is C14H16ClN3OS2. The molecule has 0 radical (unpaired) electrons. The van der Waals surface area contributed by atoms with Gasteiger partial charge < -0.3 is 9.84 Å². The lowest BCUT2D eigenvalue weighted by atomic mass is 10.0. The molecule has 0 spiro atoms. The van der Waals surface area contributed by atoms with Gasteiger partial charge in [0.15, 0.2) is 5.82 Å². The summed E-state index contributed by atoms with van der Waals surface area (Å²) < 4.78 is 5.44. The number of halogens is 1. The molecule has 0 bridgehead atoms. The molecule has 0 aliphatic carbocycles. The monoisotopic (exact) mass is 341 g/mol. The summed E-state index contributed by atoms with van der Waals surface area (Å²) in [5, 5.41) is 8.15. The largest absolute Gasteiger partial charge is 0.339 e. The Hall–Kier alpha value is -0.690. The van der Waals surface area contributed by atoms with Crippen LogP contribution in [0.5, 0.6) is 0 Å². The Morgan fingerprint density at radius 1 is 1.48 bits per heavy atom. The molecule has 0 amide bonds. The number of nitrogens with zero attached hydrogens (tertiary/aromatic N) is 2. The van der Waals surface area contributed by atoms with E-state index >= 15 is 0 Å². The van der Waals surface area contributed by atoms with Crippen LogP contribution in [0.2, 0.25) is 5.02 Å². The third-order valence-corrected chi connectivity index (χ3v) is 5.83. The maximum Gasteiger partial charge on any atom is 0.232 e. The van der Waals surface area contributed by atoms with Gasteiger partial charge >= 0.3 is 0 Å². The molecule has 1 N–H and O–H groups in total. The highest BCUT2D eigenvalue weighted by molar-refractivity contribution is 7.99. The molecule has 3 rings (SSSR count). The van der Waals surface area contributed by atoms with Gasteiger partial charge in [-0.3, -0.25) is 0 Å². The second kappa shape index (κ2) is 7.05. The van der Waals surface area contributed by atoms with Gasteiger partial charge in [0.05, 0.1) is 11.7 Å². The van der Waals surface area contributed by atoms with Gasteiger partial charge in [-0.25, -0.2) is 0 Å². The van der Waals surface area contributed by atoms with Crippen molar-refractivity contribution in [3.05, 3.63) is 41.0 Å². The van der Waals surface area contributed by atoms with Crippen LogP contribution in [0.25, 0.3) is 0 Å². The summed E-state index contributed by atoms with van der Waals surface area (Å²) >= 11 is 9.56. The summed E-state index contributed by atoms with van der Waals surface area (Å²) in [6, 6.07) is 8.21. The van der Waals surface area contributed by atoms with Gasteiger partial charge in [0.2, 0.25) is 5.89 Å². The van der Waals surface area contributed by atoms with E-state index in [-0.39, 0.29) is 0 Å². The van der Waals surface area contributed by atoms with E-state index in [9.17, 15) is 0 Å². The molecule has 0 saturated carbocycles. The number of nitrogens with one attached hydrogen (secondary N) is 1. The van der Waals surface area contributed by atoms with E-state index in [2.05, 4.69) is 15.5 Å². The first-order valence-corrected chi connectivity index (χ1v) is 9.24. The maximum atomic E-state index is 5.98. The van der Waals surface area contributed by atoms with Gasteiger partial charge in [0.25, 0.3) is 0 Å². The van der Waals surface area contributed by atoms with Crippen molar-refractivity contribution < 1.29 is 4.52 Å². The third-order valence-electron chi connectivity index (χ3n) is 3.42. The number of hydrogen-bond acceptors (Lipinski definition) is 6. The normalized spacial score (nSPS) is 21.8. The molecule has 2 heterocycles. The number of aromatic nitrogens is 2. The molecule has 1 saturated heterocycles. The van der Waals surface area contributed by atoms with Crippen LogP contribution in [-0.2, 0) is 5.75 Å². The zero-order chi connectivity index (χ0) is 14.7. The summed E-state index contributed by atoms with van der Waals surface area (Å²) in [5.74, 6) is 4.62. The quantitative estimate of drug-likeness (QED) is 0.841. The van der Waals surface area contributed by atoms with Crippen LogP contribution in [0.1, 0.15) is 17.6 Å². The van der Waals surface area contributed by atoms with Crippen molar-refractivity contribution in [2.24, 2.45) is 0 Å². The van der Waals surface area contributed by atoms with Crippen molar-refractivity contribution >= 4 is 35.1 Å². The zero-order valence-electron chi connectivity index (χ0n) is 11.6. The highest BCUT2D eigenvalue weighted by atomic mass is 35.5. The van der Waals surface area contributed by atoms with E-state index in [1.165, 1.54) is 0 Å². The van der Waals surface area contributed by atoms with Crippen LogP contribution in [0, 0.1) is 0 Å². The topological polar surface area (TPSA) is 51.0 Å². The van der Waals surface area contributed by atoms with E-state index in [4.69, 9.17) is 16.1 Å². The van der Waals surface area contributed by atoms with Crippen molar-refractivity contribution in [1.82, 2.24) is 15.5 Å². The molecular weight excluding hydrogens is 326 g/mol. The zero-order valence-corrected chi connectivity index (χ0v) is 14.0. The van der Waals surface area contributed by atoms with Crippen LogP contribution in [0.4, 0.5) is 0 Å². The Kier molecular flexibility index (Phi) is 5.11. The van der Waals surface area contributed by atoms with E-state index in [0.29, 0.717) is 17.7 Å². The first-order chi connectivity index (χ1) is 10.3. The standard InChI is InChI=1S/C14H16ClN3OS2/c1-16-12-7-20-6-11(12)14-17-13(18-19-14)8-21-10-4-2-3-9(15)5-10/h2-5,11-12,16H,6-8H2,1H3. The number of benzene rings is 1. The van der Waals surface area contributed by atoms with Crippen molar-refractivity contribution in [2.45, 2.75) is 22.6 Å². The fourth-order valence-corrected chi connectivity index (χ4v) is 4.73. The van der Waals surface area contributed by atoms with Crippen LogP contribution in [0.3, 0.4) is 0 Å². The van der Waals surface area contributed by atoms with Gasteiger partial charge in [0, 0.05) is 27.5 Å². The van der Waals surface area contributed by atoms with Gasteiger partial charge in [-0.05, 0) is 25.2 Å². The average molecular weight is 342 g/mol. The third kappa shape index (κ3) is 3.74. The van der Waals surface area contributed by atoms with Gasteiger partial charge in [0.1, 0.15) is 0 Å². The predicted octanol–water partition coefficient (Wildman–Crippen LogP) is 3.43. The van der Waals surface area contributed by atoms with E-state index < -0.39 is 0 Å². The minimum absolute atomic E-state index is 0.317. The lowest BCUT2D eigenvalue weighted by molar-refractivity contribution is 0.341. The highest BCUT2D eigenvalue weighted by Crippen LogP contribution is 2.32. The van der Waals surface area contributed by atoms with Crippen LogP contribution < -0.4 is 5.32 Å². The Morgan fingerprint density at radius 3 is 3.19 bits per heavy atom. The minimum atomic E-state index is 0.317. The van der Waals surface area contributed by atoms with E-state index in [0.717, 1.165) is 33.1 Å². The maximum absolute atomic E-state index is 5.98. The fourth-order valence-electron chi connectivity index (χ4n) is 2.26. The Balaban J connectivity index is 1.63. The van der Waals surface area contributed by atoms with Gasteiger partial charge in [-0.2, -0.15) is 16.7 Å². The summed E-state index contributed by atoms with van der Waals surface area (Å²) in [6.07, 6.45) is 0. The van der Waals surface area contributed by atoms with Crippen molar-refractivity contribution in [3.8, 4) is 0 Å². The molecule has 2 unspecified atom stereocenters. The second-order valence-electron chi connectivity index (χ2n) is 4.83. The van der Waals surface area contributed by atoms with Crippen molar-refractivity contribution in [1.29, 1.82) is 0 Å². The average Bonchev–Trinajstić information content (AvgIpc) is 3.13. The molecule has 4 nitrogen and oxygen atoms in total.